The number of nitrogens with zero attached hydrogens (tertiary/aromatic N) is 2. The number of carboxylic acid groups (broad SMARTS) is 1. The van der Waals surface area contributed by atoms with Crippen LogP contribution in [0.1, 0.15) is 42.5 Å². The highest BCUT2D eigenvalue weighted by Gasteiger charge is 2.36. The van der Waals surface area contributed by atoms with Gasteiger partial charge in [-0.15, -0.1) is 0 Å². The molecule has 22 heavy (non-hydrogen) atoms. The first kappa shape index (κ1) is 14.8. The predicted octanol–water partition coefficient (Wildman–Crippen LogP) is 3.01. The van der Waals surface area contributed by atoms with Crippen molar-refractivity contribution in [2.75, 3.05) is 6.54 Å². The summed E-state index contributed by atoms with van der Waals surface area (Å²) < 4.78 is 5.60. The average Bonchev–Trinajstić information content (AvgIpc) is 3.02. The summed E-state index contributed by atoms with van der Waals surface area (Å²) >= 11 is 0. The molecule has 116 valence electrons. The number of carboxylic acids is 1. The molecule has 5 nitrogen and oxygen atoms in total. The molecule has 3 heterocycles. The van der Waals surface area contributed by atoms with Gasteiger partial charge in [-0.1, -0.05) is 12.5 Å². The Hall–Kier alpha value is -2.14. The quantitative estimate of drug-likeness (QED) is 0.940. The number of aromatic nitrogens is 1. The van der Waals surface area contributed by atoms with Crippen LogP contribution in [-0.2, 0) is 4.79 Å². The number of rotatable bonds is 4. The van der Waals surface area contributed by atoms with Gasteiger partial charge < -0.3 is 9.52 Å². The fourth-order valence-electron chi connectivity index (χ4n) is 3.17. The van der Waals surface area contributed by atoms with E-state index in [-0.39, 0.29) is 6.04 Å². The van der Waals surface area contributed by atoms with E-state index in [9.17, 15) is 9.90 Å². The van der Waals surface area contributed by atoms with Crippen molar-refractivity contribution in [2.24, 2.45) is 0 Å². The molecule has 1 N–H and O–H groups in total. The number of carbonyl (C=O) groups is 1. The summed E-state index contributed by atoms with van der Waals surface area (Å²) in [4.78, 5) is 18.3. The highest BCUT2D eigenvalue weighted by atomic mass is 16.4. The summed E-state index contributed by atoms with van der Waals surface area (Å²) in [5, 5.41) is 9.56. The first-order valence-corrected chi connectivity index (χ1v) is 7.62. The molecule has 0 radical (unpaired) electrons. The maximum atomic E-state index is 11.6. The van der Waals surface area contributed by atoms with Gasteiger partial charge in [0.05, 0.1) is 12.0 Å². The highest BCUT2D eigenvalue weighted by molar-refractivity contribution is 5.73. The van der Waals surface area contributed by atoms with E-state index in [1.165, 1.54) is 0 Å². The third-order valence-electron chi connectivity index (χ3n) is 4.16. The van der Waals surface area contributed by atoms with Gasteiger partial charge in [-0.25, -0.2) is 0 Å². The van der Waals surface area contributed by atoms with E-state index < -0.39 is 12.0 Å². The smallest absolute Gasteiger partial charge is 0.320 e. The van der Waals surface area contributed by atoms with Gasteiger partial charge in [0.25, 0.3) is 0 Å². The van der Waals surface area contributed by atoms with E-state index in [1.807, 2.05) is 42.2 Å². The summed E-state index contributed by atoms with van der Waals surface area (Å²) in [6.07, 6.45) is 4.22. The van der Waals surface area contributed by atoms with E-state index in [2.05, 4.69) is 4.98 Å². The Morgan fingerprint density at radius 2 is 2.23 bits per heavy atom. The Morgan fingerprint density at radius 1 is 1.36 bits per heavy atom. The molecule has 1 aliphatic heterocycles. The van der Waals surface area contributed by atoms with Gasteiger partial charge in [0.1, 0.15) is 17.8 Å². The number of furan rings is 1. The van der Waals surface area contributed by atoms with Crippen LogP contribution in [0.15, 0.2) is 41.0 Å². The van der Waals surface area contributed by atoms with Crippen molar-refractivity contribution in [3.63, 3.8) is 0 Å². The Bertz CT molecular complexity index is 639. The van der Waals surface area contributed by atoms with Gasteiger partial charge in [0, 0.05) is 12.2 Å². The third-order valence-corrected chi connectivity index (χ3v) is 4.16. The summed E-state index contributed by atoms with van der Waals surface area (Å²) in [6.45, 7) is 2.67. The van der Waals surface area contributed by atoms with Gasteiger partial charge in [0.2, 0.25) is 0 Å². The Morgan fingerprint density at radius 3 is 2.91 bits per heavy atom. The van der Waals surface area contributed by atoms with Gasteiger partial charge in [-0.05, 0) is 44.0 Å². The zero-order valence-corrected chi connectivity index (χ0v) is 12.6. The summed E-state index contributed by atoms with van der Waals surface area (Å²) in [6, 6.07) is 8.80. The molecule has 5 heteroatoms. The second-order valence-corrected chi connectivity index (χ2v) is 5.71. The number of pyridine rings is 1. The largest absolute Gasteiger partial charge is 0.480 e. The Labute approximate surface area is 129 Å². The number of hydrogen-bond donors (Lipinski definition) is 1. The van der Waals surface area contributed by atoms with Crippen LogP contribution in [0.4, 0.5) is 0 Å². The normalized spacial score (nSPS) is 20.7. The summed E-state index contributed by atoms with van der Waals surface area (Å²) in [5.41, 5.74) is 1.75. The molecule has 3 rings (SSSR count). The molecule has 2 aromatic heterocycles. The summed E-state index contributed by atoms with van der Waals surface area (Å²) in [5.74, 6) is -0.0323. The summed E-state index contributed by atoms with van der Waals surface area (Å²) in [7, 11) is 0. The molecule has 0 aliphatic carbocycles. The first-order valence-electron chi connectivity index (χ1n) is 7.62. The Balaban J connectivity index is 2.03. The fourth-order valence-corrected chi connectivity index (χ4v) is 3.17. The molecule has 0 amide bonds. The van der Waals surface area contributed by atoms with E-state index >= 15 is 0 Å². The van der Waals surface area contributed by atoms with E-state index in [0.717, 1.165) is 36.5 Å². The number of aryl methyl sites for hydroxylation is 1. The molecule has 0 aromatic carbocycles. The maximum Gasteiger partial charge on any atom is 0.320 e. The number of piperidine rings is 1. The maximum absolute atomic E-state index is 11.6. The van der Waals surface area contributed by atoms with E-state index in [0.29, 0.717) is 6.42 Å². The van der Waals surface area contributed by atoms with Crippen molar-refractivity contribution in [1.29, 1.82) is 0 Å². The van der Waals surface area contributed by atoms with Gasteiger partial charge >= 0.3 is 5.97 Å². The van der Waals surface area contributed by atoms with Gasteiger partial charge in [0.15, 0.2) is 0 Å². The highest BCUT2D eigenvalue weighted by Crippen LogP contribution is 2.33. The van der Waals surface area contributed by atoms with Crippen molar-refractivity contribution in [1.82, 2.24) is 9.88 Å². The molecule has 2 aromatic rings. The predicted molar refractivity (Wildman–Crippen MR) is 81.5 cm³/mol. The minimum atomic E-state index is -0.774. The molecule has 1 saturated heterocycles. The minimum Gasteiger partial charge on any atom is -0.480 e. The second-order valence-electron chi connectivity index (χ2n) is 5.71. The number of likely N-dealkylation sites (tertiary alicyclic amines) is 1. The Kier molecular flexibility index (Phi) is 4.24. The molecule has 0 bridgehead atoms. The average molecular weight is 300 g/mol. The second kappa shape index (κ2) is 6.32. The fraction of sp³-hybridized carbons (Fsp3) is 0.412. The van der Waals surface area contributed by atoms with E-state index in [1.54, 1.807) is 6.26 Å². The molecular weight excluding hydrogens is 280 g/mol. The monoisotopic (exact) mass is 300 g/mol. The number of hydrogen-bond acceptors (Lipinski definition) is 4. The molecule has 1 aliphatic rings. The topological polar surface area (TPSA) is 66.6 Å². The molecule has 0 saturated carbocycles. The molecule has 1 fully saturated rings. The third kappa shape index (κ3) is 2.90. The van der Waals surface area contributed by atoms with Gasteiger partial charge in [-0.2, -0.15) is 0 Å². The van der Waals surface area contributed by atoms with Crippen LogP contribution in [0.5, 0.6) is 0 Å². The van der Waals surface area contributed by atoms with Crippen LogP contribution in [0.2, 0.25) is 0 Å². The van der Waals surface area contributed by atoms with Crippen LogP contribution in [0.3, 0.4) is 0 Å². The standard InChI is InChI=1S/C17H20N2O3/c1-12-6-4-7-13(18-12)16(15-9-5-11-22-15)19-10-3-2-8-14(19)17(20)21/h4-7,9,11,14,16H,2-3,8,10H2,1H3,(H,20,21). The van der Waals surface area contributed by atoms with Crippen LogP contribution in [0.25, 0.3) is 0 Å². The van der Waals surface area contributed by atoms with Crippen molar-refractivity contribution < 1.29 is 14.3 Å². The SMILES string of the molecule is Cc1cccc(C(c2ccco2)N2CCCCC2C(=O)O)n1. The van der Waals surface area contributed by atoms with Crippen LogP contribution in [-0.4, -0.2) is 33.5 Å². The molecular formula is C17H20N2O3. The van der Waals surface area contributed by atoms with Crippen LogP contribution in [0, 0.1) is 6.92 Å². The lowest BCUT2D eigenvalue weighted by molar-refractivity contribution is -0.145. The molecule has 2 atom stereocenters. The lowest BCUT2D eigenvalue weighted by atomic mass is 9.97. The number of aliphatic carboxylic acids is 1. The lowest BCUT2D eigenvalue weighted by Gasteiger charge is -2.37. The van der Waals surface area contributed by atoms with Crippen molar-refractivity contribution in [2.45, 2.75) is 38.3 Å². The first-order chi connectivity index (χ1) is 10.7. The molecule has 2 unspecified atom stereocenters. The van der Waals surface area contributed by atoms with Crippen molar-refractivity contribution >= 4 is 5.97 Å². The van der Waals surface area contributed by atoms with Crippen LogP contribution < -0.4 is 0 Å². The molecule has 0 spiro atoms. The lowest BCUT2D eigenvalue weighted by Crippen LogP contribution is -2.47. The van der Waals surface area contributed by atoms with E-state index in [4.69, 9.17) is 4.42 Å². The van der Waals surface area contributed by atoms with Crippen molar-refractivity contribution in [3.05, 3.63) is 53.7 Å². The van der Waals surface area contributed by atoms with Crippen LogP contribution >= 0.6 is 0 Å². The van der Waals surface area contributed by atoms with Crippen molar-refractivity contribution in [3.8, 4) is 0 Å². The minimum absolute atomic E-state index is 0.253. The zero-order valence-electron chi connectivity index (χ0n) is 12.6. The zero-order chi connectivity index (χ0) is 15.5. The van der Waals surface area contributed by atoms with Gasteiger partial charge in [-0.3, -0.25) is 14.7 Å².